The van der Waals surface area contributed by atoms with Gasteiger partial charge in [-0.1, -0.05) is 13.8 Å². The number of benzene rings is 1. The average Bonchev–Trinajstić information content (AvgIpc) is 2.36. The number of hydrogen-bond donors (Lipinski definition) is 1. The van der Waals surface area contributed by atoms with Crippen molar-refractivity contribution in [2.75, 3.05) is 31.7 Å². The van der Waals surface area contributed by atoms with Crippen LogP contribution < -0.4 is 5.32 Å². The summed E-state index contributed by atoms with van der Waals surface area (Å²) in [5.74, 6) is 0.498. The fourth-order valence-corrected chi connectivity index (χ4v) is 2.11. The molecule has 0 heterocycles. The molecule has 0 saturated carbocycles. The molecule has 4 nitrogen and oxygen atoms in total. The lowest BCUT2D eigenvalue weighted by Gasteiger charge is -2.09. The Morgan fingerprint density at radius 3 is 2.30 bits per heavy atom. The molecule has 0 aliphatic carbocycles. The lowest BCUT2D eigenvalue weighted by Crippen LogP contribution is -2.21. The number of rotatable bonds is 7. The molecule has 20 heavy (non-hydrogen) atoms. The number of carbonyl (C=O) groups is 2. The molecule has 1 aromatic rings. The fraction of sp³-hybridized carbons (Fsp3) is 0.467. The normalized spacial score (nSPS) is 10.9. The van der Waals surface area contributed by atoms with Crippen molar-refractivity contribution < 1.29 is 9.59 Å². The number of likely N-dealkylation sites (N-methyl/N-ethyl adjacent to an activating group) is 1. The van der Waals surface area contributed by atoms with Gasteiger partial charge in [0, 0.05) is 11.3 Å². The first-order valence-electron chi connectivity index (χ1n) is 6.58. The number of amides is 1. The summed E-state index contributed by atoms with van der Waals surface area (Å²) >= 11 is 1.60. The van der Waals surface area contributed by atoms with E-state index in [2.05, 4.69) is 19.2 Å². The van der Waals surface area contributed by atoms with Gasteiger partial charge in [-0.05, 0) is 43.6 Å². The van der Waals surface area contributed by atoms with Crippen LogP contribution in [-0.2, 0) is 4.79 Å². The number of ketones is 1. The molecule has 5 heteroatoms. The van der Waals surface area contributed by atoms with Crippen LogP contribution in [0.2, 0.25) is 0 Å². The Kier molecular flexibility index (Phi) is 6.75. The maximum absolute atomic E-state index is 11.8. The highest BCUT2D eigenvalue weighted by atomic mass is 32.2. The Labute approximate surface area is 124 Å². The molecule has 0 aromatic heterocycles. The number of hydrogen-bond acceptors (Lipinski definition) is 4. The van der Waals surface area contributed by atoms with Crippen molar-refractivity contribution in [2.24, 2.45) is 0 Å². The third kappa shape index (κ3) is 6.21. The van der Waals surface area contributed by atoms with Crippen LogP contribution in [0.4, 0.5) is 5.69 Å². The molecule has 0 aliphatic rings. The lowest BCUT2D eigenvalue weighted by atomic mass is 10.1. The minimum absolute atomic E-state index is 0.0175. The van der Waals surface area contributed by atoms with Gasteiger partial charge in [-0.3, -0.25) is 9.59 Å². The van der Waals surface area contributed by atoms with E-state index >= 15 is 0 Å². The third-order valence-electron chi connectivity index (χ3n) is 2.50. The number of nitrogens with one attached hydrogen (secondary N) is 1. The number of carbonyl (C=O) groups excluding carboxylic acids is 2. The first-order valence-corrected chi connectivity index (χ1v) is 7.63. The van der Waals surface area contributed by atoms with E-state index in [1.807, 2.05) is 19.0 Å². The highest BCUT2D eigenvalue weighted by molar-refractivity contribution is 8.00. The molecule has 110 valence electrons. The first kappa shape index (κ1) is 16.7. The van der Waals surface area contributed by atoms with E-state index in [0.29, 0.717) is 23.1 Å². The van der Waals surface area contributed by atoms with Crippen molar-refractivity contribution in [1.82, 2.24) is 4.90 Å². The van der Waals surface area contributed by atoms with E-state index in [4.69, 9.17) is 0 Å². The van der Waals surface area contributed by atoms with Crippen molar-refractivity contribution >= 4 is 29.1 Å². The summed E-state index contributed by atoms with van der Waals surface area (Å²) in [6.45, 7) is 4.50. The zero-order chi connectivity index (χ0) is 15.1. The van der Waals surface area contributed by atoms with Gasteiger partial charge < -0.3 is 10.2 Å². The van der Waals surface area contributed by atoms with Crippen LogP contribution in [-0.4, -0.2) is 48.2 Å². The second-order valence-corrected chi connectivity index (χ2v) is 6.71. The van der Waals surface area contributed by atoms with Gasteiger partial charge in [0.05, 0.1) is 12.3 Å². The molecule has 1 N–H and O–H groups in total. The van der Waals surface area contributed by atoms with E-state index in [9.17, 15) is 9.59 Å². The van der Waals surface area contributed by atoms with Crippen LogP contribution in [0.5, 0.6) is 0 Å². The molecular weight excluding hydrogens is 272 g/mol. The molecule has 1 rings (SSSR count). The van der Waals surface area contributed by atoms with Crippen LogP contribution in [0.1, 0.15) is 24.2 Å². The molecule has 0 atom stereocenters. The predicted molar refractivity (Wildman–Crippen MR) is 85.6 cm³/mol. The molecule has 0 saturated heterocycles. The molecule has 0 radical (unpaired) electrons. The molecule has 1 aromatic carbocycles. The topological polar surface area (TPSA) is 49.4 Å². The van der Waals surface area contributed by atoms with Crippen LogP contribution in [0.15, 0.2) is 24.3 Å². The highest BCUT2D eigenvalue weighted by Crippen LogP contribution is 2.13. The Morgan fingerprint density at radius 2 is 1.80 bits per heavy atom. The SMILES string of the molecule is CC(C)SCC(=O)Nc1ccc(C(=O)CN(C)C)cc1. The van der Waals surface area contributed by atoms with Gasteiger partial charge in [-0.2, -0.15) is 0 Å². The second-order valence-electron chi connectivity index (χ2n) is 5.15. The summed E-state index contributed by atoms with van der Waals surface area (Å²) in [5, 5.41) is 3.26. The summed E-state index contributed by atoms with van der Waals surface area (Å²) in [7, 11) is 3.72. The predicted octanol–water partition coefficient (Wildman–Crippen LogP) is 2.51. The summed E-state index contributed by atoms with van der Waals surface area (Å²) in [6.07, 6.45) is 0. The van der Waals surface area contributed by atoms with E-state index in [0.717, 1.165) is 5.69 Å². The van der Waals surface area contributed by atoms with Crippen LogP contribution >= 0.6 is 11.8 Å². The maximum Gasteiger partial charge on any atom is 0.234 e. The van der Waals surface area contributed by atoms with E-state index < -0.39 is 0 Å². The van der Waals surface area contributed by atoms with Crippen molar-refractivity contribution in [3.05, 3.63) is 29.8 Å². The largest absolute Gasteiger partial charge is 0.325 e. The standard InChI is InChI=1S/C15H22N2O2S/c1-11(2)20-10-15(19)16-13-7-5-12(6-8-13)14(18)9-17(3)4/h5-8,11H,9-10H2,1-4H3,(H,16,19). The maximum atomic E-state index is 11.8. The number of nitrogens with zero attached hydrogens (tertiary/aromatic N) is 1. The number of anilines is 1. The molecule has 0 aliphatic heterocycles. The van der Waals surface area contributed by atoms with E-state index in [1.54, 1.807) is 36.0 Å². The molecule has 0 bridgehead atoms. The summed E-state index contributed by atoms with van der Waals surface area (Å²) in [4.78, 5) is 25.3. The minimum atomic E-state index is -0.0175. The van der Waals surface area contributed by atoms with Gasteiger partial charge in [0.2, 0.25) is 5.91 Å². The van der Waals surface area contributed by atoms with Gasteiger partial charge >= 0.3 is 0 Å². The van der Waals surface area contributed by atoms with Crippen molar-refractivity contribution in [1.29, 1.82) is 0 Å². The third-order valence-corrected chi connectivity index (χ3v) is 3.59. The fourth-order valence-electron chi connectivity index (χ4n) is 1.56. The summed E-state index contributed by atoms with van der Waals surface area (Å²) < 4.78 is 0. The van der Waals surface area contributed by atoms with Crippen LogP contribution in [0.3, 0.4) is 0 Å². The van der Waals surface area contributed by atoms with E-state index in [1.165, 1.54) is 0 Å². The second kappa shape index (κ2) is 8.07. The van der Waals surface area contributed by atoms with Crippen molar-refractivity contribution in [2.45, 2.75) is 19.1 Å². The van der Waals surface area contributed by atoms with Gasteiger partial charge in [0.15, 0.2) is 5.78 Å². The average molecular weight is 294 g/mol. The molecule has 0 spiro atoms. The molecular formula is C15H22N2O2S. The Morgan fingerprint density at radius 1 is 1.20 bits per heavy atom. The lowest BCUT2D eigenvalue weighted by molar-refractivity contribution is -0.113. The zero-order valence-corrected chi connectivity index (χ0v) is 13.3. The Bertz CT molecular complexity index is 455. The molecule has 0 fully saturated rings. The van der Waals surface area contributed by atoms with Crippen molar-refractivity contribution in [3.63, 3.8) is 0 Å². The van der Waals surface area contributed by atoms with Crippen molar-refractivity contribution in [3.8, 4) is 0 Å². The number of thioether (sulfide) groups is 1. The first-order chi connectivity index (χ1) is 9.38. The molecule has 0 unspecified atom stereocenters. The van der Waals surface area contributed by atoms with Gasteiger partial charge in [0.1, 0.15) is 0 Å². The van der Waals surface area contributed by atoms with Crippen LogP contribution in [0.25, 0.3) is 0 Å². The summed E-state index contributed by atoms with van der Waals surface area (Å²) in [5.41, 5.74) is 1.38. The number of Topliss-reactive ketones (excluding diaryl/α,β-unsaturated/α-hetero) is 1. The van der Waals surface area contributed by atoms with Gasteiger partial charge in [0.25, 0.3) is 0 Å². The highest BCUT2D eigenvalue weighted by Gasteiger charge is 2.08. The monoisotopic (exact) mass is 294 g/mol. The van der Waals surface area contributed by atoms with Gasteiger partial charge in [-0.25, -0.2) is 0 Å². The Balaban J connectivity index is 2.54. The van der Waals surface area contributed by atoms with Crippen LogP contribution in [0, 0.1) is 0 Å². The van der Waals surface area contributed by atoms with Gasteiger partial charge in [-0.15, -0.1) is 11.8 Å². The smallest absolute Gasteiger partial charge is 0.234 e. The minimum Gasteiger partial charge on any atom is -0.325 e. The quantitative estimate of drug-likeness (QED) is 0.785. The summed E-state index contributed by atoms with van der Waals surface area (Å²) in [6, 6.07) is 7.02. The Hall–Kier alpha value is -1.33. The zero-order valence-electron chi connectivity index (χ0n) is 12.5. The van der Waals surface area contributed by atoms with E-state index in [-0.39, 0.29) is 11.7 Å². The molecule has 1 amide bonds.